The minimum Gasteiger partial charge on any atom is -0.368 e. The van der Waals surface area contributed by atoms with Crippen LogP contribution in [0.25, 0.3) is 0 Å². The zero-order valence-electron chi connectivity index (χ0n) is 10.8. The van der Waals surface area contributed by atoms with Crippen LogP contribution in [0.15, 0.2) is 24.3 Å². The van der Waals surface area contributed by atoms with Crippen molar-refractivity contribution < 1.29 is 9.53 Å². The number of benzene rings is 1. The zero-order valence-corrected chi connectivity index (χ0v) is 11.5. The minimum atomic E-state index is -0.448. The number of amides is 1. The highest BCUT2D eigenvalue weighted by atomic mass is 35.5. The van der Waals surface area contributed by atoms with Crippen LogP contribution in [0.4, 0.5) is 0 Å². The van der Waals surface area contributed by atoms with E-state index in [1.54, 1.807) is 0 Å². The standard InChI is InChI=1S/C14H19ClN2O2/c15-12-5-1-3-10(7-12)14(19-9-13(16)18)11-4-2-6-17-8-11/h1,3,5,7,11,14,17H,2,4,6,8-9H2,(H2,16,18)/t11?,14-/m0/s1. The van der Waals surface area contributed by atoms with E-state index in [-0.39, 0.29) is 12.7 Å². The topological polar surface area (TPSA) is 64.4 Å². The van der Waals surface area contributed by atoms with Crippen LogP contribution in [0.2, 0.25) is 5.02 Å². The summed E-state index contributed by atoms with van der Waals surface area (Å²) in [5, 5.41) is 4.03. The molecule has 1 heterocycles. The van der Waals surface area contributed by atoms with Gasteiger partial charge in [-0.3, -0.25) is 4.79 Å². The van der Waals surface area contributed by atoms with Crippen molar-refractivity contribution >= 4 is 17.5 Å². The van der Waals surface area contributed by atoms with Crippen LogP contribution in [-0.4, -0.2) is 25.6 Å². The van der Waals surface area contributed by atoms with Crippen molar-refractivity contribution in [3.8, 4) is 0 Å². The van der Waals surface area contributed by atoms with Crippen LogP contribution in [-0.2, 0) is 9.53 Å². The summed E-state index contributed by atoms with van der Waals surface area (Å²) >= 11 is 6.03. The summed E-state index contributed by atoms with van der Waals surface area (Å²) in [6, 6.07) is 7.60. The SMILES string of the molecule is NC(=O)CO[C@@H](c1cccc(Cl)c1)C1CCCNC1. The van der Waals surface area contributed by atoms with Crippen molar-refractivity contribution in [3.63, 3.8) is 0 Å². The van der Waals surface area contributed by atoms with E-state index in [4.69, 9.17) is 22.1 Å². The average Bonchev–Trinajstić information content (AvgIpc) is 2.40. The van der Waals surface area contributed by atoms with E-state index in [1.807, 2.05) is 24.3 Å². The number of carbonyl (C=O) groups excluding carboxylic acids is 1. The summed E-state index contributed by atoms with van der Waals surface area (Å²) in [4.78, 5) is 10.9. The number of hydrogen-bond donors (Lipinski definition) is 2. The number of primary amides is 1. The Morgan fingerprint density at radius 3 is 3.05 bits per heavy atom. The molecule has 0 spiro atoms. The van der Waals surface area contributed by atoms with Gasteiger partial charge in [-0.15, -0.1) is 0 Å². The van der Waals surface area contributed by atoms with Crippen molar-refractivity contribution in [1.29, 1.82) is 0 Å². The highest BCUT2D eigenvalue weighted by Crippen LogP contribution is 2.31. The first-order chi connectivity index (χ1) is 9.16. The van der Waals surface area contributed by atoms with Gasteiger partial charge in [-0.05, 0) is 37.1 Å². The van der Waals surface area contributed by atoms with Crippen molar-refractivity contribution in [2.24, 2.45) is 11.7 Å². The second-order valence-corrected chi connectivity index (χ2v) is 5.30. The van der Waals surface area contributed by atoms with Gasteiger partial charge in [0.05, 0.1) is 6.10 Å². The second kappa shape index (κ2) is 6.89. The summed E-state index contributed by atoms with van der Waals surface area (Å²) in [5.41, 5.74) is 6.17. The van der Waals surface area contributed by atoms with E-state index in [2.05, 4.69) is 5.32 Å². The van der Waals surface area contributed by atoms with Crippen molar-refractivity contribution in [2.75, 3.05) is 19.7 Å². The Labute approximate surface area is 118 Å². The molecular weight excluding hydrogens is 264 g/mol. The number of piperidine rings is 1. The lowest BCUT2D eigenvalue weighted by molar-refractivity contribution is -0.126. The highest BCUT2D eigenvalue weighted by Gasteiger charge is 2.26. The molecule has 1 aliphatic rings. The summed E-state index contributed by atoms with van der Waals surface area (Å²) in [6.07, 6.45) is 2.05. The minimum absolute atomic E-state index is 0.0618. The predicted octanol–water partition coefficient (Wildman–Crippen LogP) is 1.88. The molecule has 2 atom stereocenters. The maximum Gasteiger partial charge on any atom is 0.243 e. The fourth-order valence-electron chi connectivity index (χ4n) is 2.50. The molecular formula is C14H19ClN2O2. The Hall–Kier alpha value is -1.10. The first-order valence-electron chi connectivity index (χ1n) is 6.53. The molecule has 0 bridgehead atoms. The smallest absolute Gasteiger partial charge is 0.243 e. The van der Waals surface area contributed by atoms with Crippen LogP contribution < -0.4 is 11.1 Å². The van der Waals surface area contributed by atoms with Crippen molar-refractivity contribution in [1.82, 2.24) is 5.32 Å². The maximum absolute atomic E-state index is 10.9. The van der Waals surface area contributed by atoms with E-state index in [0.717, 1.165) is 31.5 Å². The molecule has 1 fully saturated rings. The van der Waals surface area contributed by atoms with Crippen LogP contribution >= 0.6 is 11.6 Å². The first kappa shape index (κ1) is 14.3. The van der Waals surface area contributed by atoms with E-state index in [9.17, 15) is 4.79 Å². The number of carbonyl (C=O) groups is 1. The van der Waals surface area contributed by atoms with Crippen LogP contribution in [0.1, 0.15) is 24.5 Å². The van der Waals surface area contributed by atoms with Crippen LogP contribution in [0, 0.1) is 5.92 Å². The Balaban J connectivity index is 2.14. The Bertz CT molecular complexity index is 433. The van der Waals surface area contributed by atoms with Crippen LogP contribution in [0.5, 0.6) is 0 Å². The molecule has 0 radical (unpaired) electrons. The number of ether oxygens (including phenoxy) is 1. The molecule has 1 aliphatic heterocycles. The number of halogens is 1. The first-order valence-corrected chi connectivity index (χ1v) is 6.90. The molecule has 1 amide bonds. The molecule has 1 unspecified atom stereocenters. The largest absolute Gasteiger partial charge is 0.368 e. The quantitative estimate of drug-likeness (QED) is 0.867. The van der Waals surface area contributed by atoms with Gasteiger partial charge in [-0.25, -0.2) is 0 Å². The normalized spacial score (nSPS) is 21.0. The summed E-state index contributed by atoms with van der Waals surface area (Å²) < 4.78 is 5.71. The molecule has 2 rings (SSSR count). The molecule has 1 aromatic rings. The van der Waals surface area contributed by atoms with E-state index >= 15 is 0 Å². The number of hydrogen-bond acceptors (Lipinski definition) is 3. The van der Waals surface area contributed by atoms with E-state index in [1.165, 1.54) is 0 Å². The predicted molar refractivity (Wildman–Crippen MR) is 74.9 cm³/mol. The van der Waals surface area contributed by atoms with Gasteiger partial charge in [0.1, 0.15) is 6.61 Å². The van der Waals surface area contributed by atoms with Gasteiger partial charge in [-0.2, -0.15) is 0 Å². The molecule has 1 saturated heterocycles. The molecule has 0 aliphatic carbocycles. The average molecular weight is 283 g/mol. The van der Waals surface area contributed by atoms with Gasteiger partial charge in [0.25, 0.3) is 0 Å². The zero-order chi connectivity index (χ0) is 13.7. The van der Waals surface area contributed by atoms with Crippen molar-refractivity contribution in [3.05, 3.63) is 34.9 Å². The van der Waals surface area contributed by atoms with E-state index < -0.39 is 5.91 Å². The molecule has 5 heteroatoms. The maximum atomic E-state index is 10.9. The molecule has 0 aromatic heterocycles. The van der Waals surface area contributed by atoms with Gasteiger partial charge >= 0.3 is 0 Å². The monoisotopic (exact) mass is 282 g/mol. The molecule has 19 heavy (non-hydrogen) atoms. The Kier molecular flexibility index (Phi) is 5.19. The molecule has 3 N–H and O–H groups in total. The third kappa shape index (κ3) is 4.20. The summed E-state index contributed by atoms with van der Waals surface area (Å²) in [5.74, 6) is -0.109. The fourth-order valence-corrected chi connectivity index (χ4v) is 2.70. The van der Waals surface area contributed by atoms with Gasteiger partial charge in [0.15, 0.2) is 0 Å². The van der Waals surface area contributed by atoms with Gasteiger partial charge < -0.3 is 15.8 Å². The molecule has 0 saturated carbocycles. The third-order valence-corrected chi connectivity index (χ3v) is 3.58. The second-order valence-electron chi connectivity index (χ2n) is 4.86. The lowest BCUT2D eigenvalue weighted by atomic mass is 9.89. The highest BCUT2D eigenvalue weighted by molar-refractivity contribution is 6.30. The number of rotatable bonds is 5. The summed E-state index contributed by atoms with van der Waals surface area (Å²) in [6.45, 7) is 1.86. The molecule has 1 aromatic carbocycles. The van der Waals surface area contributed by atoms with Gasteiger partial charge in [-0.1, -0.05) is 23.7 Å². The lowest BCUT2D eigenvalue weighted by Gasteiger charge is -2.31. The van der Waals surface area contributed by atoms with Crippen molar-refractivity contribution in [2.45, 2.75) is 18.9 Å². The Morgan fingerprint density at radius 2 is 2.42 bits per heavy atom. The Morgan fingerprint density at radius 1 is 1.58 bits per heavy atom. The van der Waals surface area contributed by atoms with Gasteiger partial charge in [0.2, 0.25) is 5.91 Å². The molecule has 104 valence electrons. The van der Waals surface area contributed by atoms with Gasteiger partial charge in [0, 0.05) is 17.5 Å². The van der Waals surface area contributed by atoms with Crippen LogP contribution in [0.3, 0.4) is 0 Å². The summed E-state index contributed by atoms with van der Waals surface area (Å²) in [7, 11) is 0. The third-order valence-electron chi connectivity index (χ3n) is 3.35. The lowest BCUT2D eigenvalue weighted by Crippen LogP contribution is -2.35. The van der Waals surface area contributed by atoms with E-state index in [0.29, 0.717) is 10.9 Å². The fraction of sp³-hybridized carbons (Fsp3) is 0.500. The number of nitrogens with one attached hydrogen (secondary N) is 1. The number of nitrogens with two attached hydrogens (primary N) is 1. The molecule has 4 nitrogen and oxygen atoms in total.